The summed E-state index contributed by atoms with van der Waals surface area (Å²) in [7, 11) is 0. The summed E-state index contributed by atoms with van der Waals surface area (Å²) >= 11 is 0. The smallest absolute Gasteiger partial charge is 0.408 e. The predicted molar refractivity (Wildman–Crippen MR) is 214 cm³/mol. The van der Waals surface area contributed by atoms with Gasteiger partial charge in [-0.25, -0.2) is 4.79 Å². The van der Waals surface area contributed by atoms with Crippen LogP contribution in [0.4, 0.5) is 4.79 Å². The summed E-state index contributed by atoms with van der Waals surface area (Å²) in [6.45, 7) is 5.61. The Kier molecular flexibility index (Phi) is 12.4. The third-order valence-corrected chi connectivity index (χ3v) is 11.7. The molecule has 11 heteroatoms. The molecule has 57 heavy (non-hydrogen) atoms. The monoisotopic (exact) mass is 772 g/mol. The van der Waals surface area contributed by atoms with Crippen LogP contribution >= 0.6 is 0 Å². The topological polar surface area (TPSA) is 121 Å². The molecule has 0 aliphatic carbocycles. The molecular weight excluding hydrogens is 721 g/mol. The number of carbonyl (C=O) groups is 3. The normalized spacial score (nSPS) is 24.3. The van der Waals surface area contributed by atoms with E-state index in [0.29, 0.717) is 6.04 Å². The standard InChI is InChI=1S/C46H52N4O7/c51-30-32-16-18-35(19-17-32)42-25-40(29-49-22-8-15-39(49)28-48-20-4-5-21-48)56-45(57-42)38-14-7-13-37(24-38)36-12-6-11-34(23-36)27-50-43(52)26-41(44(50)53)47-46(54)55-31-33-9-2-1-3-10-33/h1-3,6-7,9-14,16-19,23-24,39-42,45,51H,4-5,8,15,20-22,25-31H2,(H,47,54)/t39-,40+,41?,42-,45-/m0/s1. The third kappa shape index (κ3) is 9.63. The summed E-state index contributed by atoms with van der Waals surface area (Å²) in [6.07, 6.45) is 4.11. The molecule has 0 bridgehead atoms. The Bertz CT molecular complexity index is 2000. The minimum absolute atomic E-state index is 0.00406. The minimum Gasteiger partial charge on any atom is -0.445 e. The van der Waals surface area contributed by atoms with E-state index in [0.717, 1.165) is 65.0 Å². The highest BCUT2D eigenvalue weighted by molar-refractivity contribution is 6.06. The van der Waals surface area contributed by atoms with E-state index < -0.39 is 24.3 Å². The SMILES string of the molecule is O=C(NC1CC(=O)N(Cc2cccc(-c3cccc([C@H]4O[C@@H](CN5CCC[C@H]5CN5CCCC5)C[C@@H](c5ccc(CO)cc5)O4)c3)c2)C1=O)OCc1ccccc1. The summed E-state index contributed by atoms with van der Waals surface area (Å²) in [5.41, 5.74) is 6.34. The fraction of sp³-hybridized carbons (Fsp3) is 0.413. The lowest BCUT2D eigenvalue weighted by Gasteiger charge is -2.39. The van der Waals surface area contributed by atoms with Gasteiger partial charge in [0.15, 0.2) is 6.29 Å². The average Bonchev–Trinajstić information content (AvgIpc) is 3.99. The Labute approximate surface area is 334 Å². The highest BCUT2D eigenvalue weighted by Gasteiger charge is 2.40. The molecule has 0 radical (unpaired) electrons. The zero-order valence-electron chi connectivity index (χ0n) is 32.3. The Balaban J connectivity index is 0.947. The molecule has 4 saturated heterocycles. The molecule has 0 saturated carbocycles. The predicted octanol–water partition coefficient (Wildman–Crippen LogP) is 6.51. The van der Waals surface area contributed by atoms with Gasteiger partial charge in [0, 0.05) is 31.1 Å². The van der Waals surface area contributed by atoms with E-state index in [1.807, 2.05) is 84.9 Å². The molecule has 4 heterocycles. The number of hydrogen-bond donors (Lipinski definition) is 2. The van der Waals surface area contributed by atoms with Gasteiger partial charge in [0.25, 0.3) is 5.91 Å². The number of benzene rings is 4. The van der Waals surface area contributed by atoms with Gasteiger partial charge in [-0.2, -0.15) is 0 Å². The number of rotatable bonds is 13. The van der Waals surface area contributed by atoms with Crippen molar-refractivity contribution in [1.29, 1.82) is 0 Å². The number of alkyl carbamates (subject to hydrolysis) is 1. The Morgan fingerprint density at radius 2 is 1.53 bits per heavy atom. The van der Waals surface area contributed by atoms with Crippen molar-refractivity contribution in [2.45, 2.75) is 88.9 Å². The van der Waals surface area contributed by atoms with E-state index in [9.17, 15) is 19.5 Å². The van der Waals surface area contributed by atoms with Gasteiger partial charge in [-0.1, -0.05) is 91.0 Å². The van der Waals surface area contributed by atoms with Crippen LogP contribution in [0, 0.1) is 0 Å². The molecule has 3 amide bonds. The molecule has 11 nitrogen and oxygen atoms in total. The van der Waals surface area contributed by atoms with E-state index in [-0.39, 0.29) is 44.3 Å². The molecule has 8 rings (SSSR count). The highest BCUT2D eigenvalue weighted by Crippen LogP contribution is 2.40. The maximum absolute atomic E-state index is 13.3. The van der Waals surface area contributed by atoms with Crippen LogP contribution in [-0.4, -0.2) is 88.6 Å². The lowest BCUT2D eigenvalue weighted by molar-refractivity contribution is -0.253. The van der Waals surface area contributed by atoms with Crippen molar-refractivity contribution < 1.29 is 33.7 Å². The second-order valence-corrected chi connectivity index (χ2v) is 15.8. The second-order valence-electron chi connectivity index (χ2n) is 15.8. The van der Waals surface area contributed by atoms with Crippen LogP contribution < -0.4 is 5.32 Å². The van der Waals surface area contributed by atoms with Crippen LogP contribution in [-0.2, 0) is 43.6 Å². The summed E-state index contributed by atoms with van der Waals surface area (Å²) in [6, 6.07) is 32.8. The van der Waals surface area contributed by atoms with E-state index in [2.05, 4.69) is 33.3 Å². The summed E-state index contributed by atoms with van der Waals surface area (Å²) < 4.78 is 18.8. The zero-order chi connectivity index (χ0) is 39.1. The number of carbonyl (C=O) groups excluding carboxylic acids is 3. The molecule has 4 aromatic carbocycles. The third-order valence-electron chi connectivity index (χ3n) is 11.7. The number of nitrogens with zero attached hydrogens (tertiary/aromatic N) is 3. The first kappa shape index (κ1) is 38.9. The lowest BCUT2D eigenvalue weighted by atomic mass is 9.98. The van der Waals surface area contributed by atoms with E-state index in [4.69, 9.17) is 14.2 Å². The number of amides is 3. The Morgan fingerprint density at radius 1 is 0.772 bits per heavy atom. The van der Waals surface area contributed by atoms with Gasteiger partial charge in [0.05, 0.1) is 31.8 Å². The minimum atomic E-state index is -0.974. The molecular formula is C46H52N4O7. The fourth-order valence-corrected chi connectivity index (χ4v) is 8.67. The molecule has 4 aliphatic rings. The zero-order valence-corrected chi connectivity index (χ0v) is 32.3. The molecule has 4 fully saturated rings. The van der Waals surface area contributed by atoms with Crippen LogP contribution in [0.5, 0.6) is 0 Å². The number of likely N-dealkylation sites (tertiary alicyclic amines) is 3. The molecule has 1 unspecified atom stereocenters. The van der Waals surface area contributed by atoms with Gasteiger partial charge in [0.2, 0.25) is 5.91 Å². The van der Waals surface area contributed by atoms with Gasteiger partial charge in [-0.05, 0) is 90.8 Å². The Hall–Kier alpha value is -4.91. The van der Waals surface area contributed by atoms with Gasteiger partial charge < -0.3 is 29.5 Å². The number of aliphatic hydroxyl groups excluding tert-OH is 1. The first-order chi connectivity index (χ1) is 27.9. The van der Waals surface area contributed by atoms with Crippen molar-refractivity contribution in [3.05, 3.63) is 131 Å². The van der Waals surface area contributed by atoms with Gasteiger partial charge in [0.1, 0.15) is 12.6 Å². The fourth-order valence-electron chi connectivity index (χ4n) is 8.67. The van der Waals surface area contributed by atoms with E-state index in [1.165, 1.54) is 43.7 Å². The van der Waals surface area contributed by atoms with Gasteiger partial charge >= 0.3 is 6.09 Å². The first-order valence-electron chi connectivity index (χ1n) is 20.4. The van der Waals surface area contributed by atoms with Crippen molar-refractivity contribution in [3.8, 4) is 11.1 Å². The summed E-state index contributed by atoms with van der Waals surface area (Å²) in [5.74, 6) is -0.805. The molecule has 4 aliphatic heterocycles. The number of aliphatic hydroxyl groups is 1. The van der Waals surface area contributed by atoms with Crippen LogP contribution in [0.1, 0.15) is 78.7 Å². The van der Waals surface area contributed by atoms with E-state index >= 15 is 0 Å². The van der Waals surface area contributed by atoms with Crippen LogP contribution in [0.2, 0.25) is 0 Å². The largest absolute Gasteiger partial charge is 0.445 e. The summed E-state index contributed by atoms with van der Waals surface area (Å²) in [5, 5.41) is 12.2. The van der Waals surface area contributed by atoms with Gasteiger partial charge in [-0.15, -0.1) is 0 Å². The highest BCUT2D eigenvalue weighted by atomic mass is 16.7. The number of hydrogen-bond acceptors (Lipinski definition) is 9. The number of ether oxygens (including phenoxy) is 3. The maximum atomic E-state index is 13.3. The van der Waals surface area contributed by atoms with Crippen LogP contribution in [0.3, 0.4) is 0 Å². The van der Waals surface area contributed by atoms with Crippen LogP contribution in [0.25, 0.3) is 11.1 Å². The molecule has 298 valence electrons. The molecule has 2 N–H and O–H groups in total. The quantitative estimate of drug-likeness (QED) is 0.147. The number of imide groups is 1. The summed E-state index contributed by atoms with van der Waals surface area (Å²) in [4.78, 5) is 45.2. The maximum Gasteiger partial charge on any atom is 0.408 e. The van der Waals surface area contributed by atoms with Gasteiger partial charge in [-0.3, -0.25) is 19.4 Å². The number of nitrogens with one attached hydrogen (secondary N) is 1. The average molecular weight is 773 g/mol. The molecule has 0 spiro atoms. The van der Waals surface area contributed by atoms with Crippen molar-refractivity contribution >= 4 is 17.9 Å². The second kappa shape index (κ2) is 18.1. The molecule has 5 atom stereocenters. The van der Waals surface area contributed by atoms with E-state index in [1.54, 1.807) is 0 Å². The Morgan fingerprint density at radius 3 is 2.32 bits per heavy atom. The van der Waals surface area contributed by atoms with Crippen molar-refractivity contribution in [2.24, 2.45) is 0 Å². The first-order valence-corrected chi connectivity index (χ1v) is 20.4. The van der Waals surface area contributed by atoms with Crippen LogP contribution in [0.15, 0.2) is 103 Å². The molecule has 4 aromatic rings. The van der Waals surface area contributed by atoms with Crippen molar-refractivity contribution in [3.63, 3.8) is 0 Å². The lowest BCUT2D eigenvalue weighted by Crippen LogP contribution is -2.45. The van der Waals surface area contributed by atoms with Crippen molar-refractivity contribution in [1.82, 2.24) is 20.0 Å². The molecule has 0 aromatic heterocycles. The van der Waals surface area contributed by atoms with Crippen molar-refractivity contribution in [2.75, 3.05) is 32.7 Å².